The Morgan fingerprint density at radius 1 is 1.43 bits per heavy atom. The van der Waals surface area contributed by atoms with Gasteiger partial charge in [0.1, 0.15) is 5.75 Å². The van der Waals surface area contributed by atoms with Gasteiger partial charge in [0.15, 0.2) is 0 Å². The van der Waals surface area contributed by atoms with Crippen LogP contribution in [0.4, 0.5) is 0 Å². The Morgan fingerprint density at radius 2 is 2.33 bits per heavy atom. The van der Waals surface area contributed by atoms with Crippen LogP contribution < -0.4 is 4.74 Å². The van der Waals surface area contributed by atoms with Gasteiger partial charge >= 0.3 is 0 Å². The second-order valence-electron chi connectivity index (χ2n) is 5.33. The average Bonchev–Trinajstić information content (AvgIpc) is 3.18. The molecular weight excluding hydrogens is 282 g/mol. The zero-order chi connectivity index (χ0) is 14.7. The van der Waals surface area contributed by atoms with Crippen LogP contribution >= 0.6 is 11.3 Å². The molecule has 3 nitrogen and oxygen atoms in total. The number of nitrogens with zero attached hydrogens (tertiary/aromatic N) is 1. The Bertz CT molecular complexity index is 609. The van der Waals surface area contributed by atoms with Gasteiger partial charge < -0.3 is 9.64 Å². The normalized spacial score (nSPS) is 18.0. The van der Waals surface area contributed by atoms with Crippen molar-refractivity contribution in [2.45, 2.75) is 25.3 Å². The van der Waals surface area contributed by atoms with Crippen molar-refractivity contribution < 1.29 is 9.53 Å². The third kappa shape index (κ3) is 3.10. The van der Waals surface area contributed by atoms with E-state index in [9.17, 15) is 4.79 Å². The fraction of sp³-hybridized carbons (Fsp3) is 0.353. The van der Waals surface area contributed by atoms with Gasteiger partial charge in [0.2, 0.25) is 5.91 Å². The second kappa shape index (κ2) is 6.31. The van der Waals surface area contributed by atoms with Gasteiger partial charge in [0.05, 0.1) is 19.6 Å². The third-order valence-corrected chi connectivity index (χ3v) is 4.72. The van der Waals surface area contributed by atoms with Crippen LogP contribution in [-0.4, -0.2) is 24.5 Å². The van der Waals surface area contributed by atoms with E-state index in [0.29, 0.717) is 6.42 Å². The van der Waals surface area contributed by atoms with Crippen molar-refractivity contribution in [3.63, 3.8) is 0 Å². The fourth-order valence-corrected chi connectivity index (χ4v) is 3.60. The molecule has 0 saturated carbocycles. The standard InChI is InChI=1S/C17H19NO2S/c1-20-15-5-2-4-14(11-15)16-6-3-8-18(16)17(19)10-13-7-9-21-12-13/h2,4-5,7,9,11-12,16H,3,6,8,10H2,1H3. The lowest BCUT2D eigenvalue weighted by molar-refractivity contribution is -0.131. The van der Waals surface area contributed by atoms with Crippen molar-refractivity contribution in [3.05, 3.63) is 52.2 Å². The van der Waals surface area contributed by atoms with Crippen LogP contribution in [0, 0.1) is 0 Å². The number of benzene rings is 1. The molecule has 0 aliphatic carbocycles. The summed E-state index contributed by atoms with van der Waals surface area (Å²) in [7, 11) is 1.67. The van der Waals surface area contributed by atoms with E-state index in [1.54, 1.807) is 18.4 Å². The Kier molecular flexibility index (Phi) is 4.25. The third-order valence-electron chi connectivity index (χ3n) is 3.99. The van der Waals surface area contributed by atoms with Crippen LogP contribution in [0.2, 0.25) is 0 Å². The molecular formula is C17H19NO2S. The van der Waals surface area contributed by atoms with Crippen molar-refractivity contribution >= 4 is 17.2 Å². The quantitative estimate of drug-likeness (QED) is 0.862. The largest absolute Gasteiger partial charge is 0.497 e. The molecule has 21 heavy (non-hydrogen) atoms. The minimum absolute atomic E-state index is 0.186. The lowest BCUT2D eigenvalue weighted by Gasteiger charge is -2.25. The summed E-state index contributed by atoms with van der Waals surface area (Å²) in [6.07, 6.45) is 2.60. The number of rotatable bonds is 4. The first kappa shape index (κ1) is 14.1. The second-order valence-corrected chi connectivity index (χ2v) is 6.11. The highest BCUT2D eigenvalue weighted by atomic mass is 32.1. The van der Waals surface area contributed by atoms with Crippen LogP contribution in [0.15, 0.2) is 41.1 Å². The van der Waals surface area contributed by atoms with Gasteiger partial charge in [0, 0.05) is 6.54 Å². The minimum atomic E-state index is 0.186. The summed E-state index contributed by atoms with van der Waals surface area (Å²) < 4.78 is 5.29. The highest BCUT2D eigenvalue weighted by Gasteiger charge is 2.29. The van der Waals surface area contributed by atoms with E-state index in [0.717, 1.165) is 30.7 Å². The molecule has 0 radical (unpaired) electrons. The summed E-state index contributed by atoms with van der Waals surface area (Å²) in [5.41, 5.74) is 2.28. The van der Waals surface area contributed by atoms with Gasteiger partial charge in [-0.2, -0.15) is 11.3 Å². The van der Waals surface area contributed by atoms with Crippen molar-refractivity contribution in [1.29, 1.82) is 0 Å². The molecule has 1 aliphatic rings. The lowest BCUT2D eigenvalue weighted by Crippen LogP contribution is -2.31. The minimum Gasteiger partial charge on any atom is -0.497 e. The van der Waals surface area contributed by atoms with E-state index in [1.807, 2.05) is 34.5 Å². The maximum absolute atomic E-state index is 12.6. The van der Waals surface area contributed by atoms with Gasteiger partial charge in [-0.25, -0.2) is 0 Å². The molecule has 3 rings (SSSR count). The van der Waals surface area contributed by atoms with Crippen molar-refractivity contribution in [1.82, 2.24) is 4.90 Å². The van der Waals surface area contributed by atoms with Crippen LogP contribution in [0.3, 0.4) is 0 Å². The predicted octanol–water partition coefficient (Wildman–Crippen LogP) is 3.66. The molecule has 1 aliphatic heterocycles. The van der Waals surface area contributed by atoms with Gasteiger partial charge in [-0.3, -0.25) is 4.79 Å². The molecule has 1 fully saturated rings. The summed E-state index contributed by atoms with van der Waals surface area (Å²) in [6.45, 7) is 0.852. The highest BCUT2D eigenvalue weighted by Crippen LogP contribution is 2.33. The van der Waals surface area contributed by atoms with Crippen LogP contribution in [0.25, 0.3) is 0 Å². The fourth-order valence-electron chi connectivity index (χ4n) is 2.93. The van der Waals surface area contributed by atoms with Crippen LogP contribution in [0.1, 0.15) is 30.0 Å². The average molecular weight is 301 g/mol. The molecule has 110 valence electrons. The summed E-state index contributed by atoms with van der Waals surface area (Å²) in [6, 6.07) is 10.3. The maximum Gasteiger partial charge on any atom is 0.227 e. The molecule has 2 heterocycles. The summed E-state index contributed by atoms with van der Waals surface area (Å²) in [5, 5.41) is 4.07. The Hall–Kier alpha value is -1.81. The molecule has 4 heteroatoms. The Balaban J connectivity index is 1.76. The monoisotopic (exact) mass is 301 g/mol. The molecule has 1 aromatic heterocycles. The molecule has 0 N–H and O–H groups in total. The van der Waals surface area contributed by atoms with E-state index in [1.165, 1.54) is 5.56 Å². The van der Waals surface area contributed by atoms with Crippen molar-refractivity contribution in [2.75, 3.05) is 13.7 Å². The number of carbonyl (C=O) groups is 1. The molecule has 0 bridgehead atoms. The molecule has 1 aromatic carbocycles. The smallest absolute Gasteiger partial charge is 0.227 e. The number of hydrogen-bond acceptors (Lipinski definition) is 3. The van der Waals surface area contributed by atoms with Crippen LogP contribution in [-0.2, 0) is 11.2 Å². The molecule has 1 amide bonds. The first-order valence-corrected chi connectivity index (χ1v) is 8.16. The Labute approximate surface area is 129 Å². The Morgan fingerprint density at radius 3 is 3.10 bits per heavy atom. The number of carbonyl (C=O) groups excluding carboxylic acids is 1. The highest BCUT2D eigenvalue weighted by molar-refractivity contribution is 7.07. The number of amides is 1. The van der Waals surface area contributed by atoms with Crippen molar-refractivity contribution in [2.24, 2.45) is 0 Å². The van der Waals surface area contributed by atoms with E-state index in [4.69, 9.17) is 4.74 Å². The van der Waals surface area contributed by atoms with Gasteiger partial charge in [-0.05, 0) is 52.9 Å². The van der Waals surface area contributed by atoms with Gasteiger partial charge in [-0.1, -0.05) is 12.1 Å². The summed E-state index contributed by atoms with van der Waals surface area (Å²) in [5.74, 6) is 1.07. The first-order valence-electron chi connectivity index (χ1n) is 7.22. The lowest BCUT2D eigenvalue weighted by atomic mass is 10.0. The predicted molar refractivity (Wildman–Crippen MR) is 84.7 cm³/mol. The number of thiophene rings is 1. The number of methoxy groups -OCH3 is 1. The molecule has 0 spiro atoms. The van der Waals surface area contributed by atoms with E-state index in [2.05, 4.69) is 11.4 Å². The number of hydrogen-bond donors (Lipinski definition) is 0. The van der Waals surface area contributed by atoms with Gasteiger partial charge in [0.25, 0.3) is 0 Å². The summed E-state index contributed by atoms with van der Waals surface area (Å²) in [4.78, 5) is 14.6. The van der Waals surface area contributed by atoms with Crippen molar-refractivity contribution in [3.8, 4) is 5.75 Å². The first-order chi connectivity index (χ1) is 10.3. The molecule has 1 saturated heterocycles. The van der Waals surface area contributed by atoms with E-state index >= 15 is 0 Å². The maximum atomic E-state index is 12.6. The molecule has 1 unspecified atom stereocenters. The SMILES string of the molecule is COc1cccc(C2CCCN2C(=O)Cc2ccsc2)c1. The van der Waals surface area contributed by atoms with Gasteiger partial charge in [-0.15, -0.1) is 0 Å². The molecule has 1 atom stereocenters. The topological polar surface area (TPSA) is 29.5 Å². The zero-order valence-electron chi connectivity index (χ0n) is 12.1. The molecule has 2 aromatic rings. The number of ether oxygens (including phenoxy) is 1. The summed E-state index contributed by atoms with van der Waals surface area (Å²) >= 11 is 1.64. The van der Waals surface area contributed by atoms with Crippen LogP contribution in [0.5, 0.6) is 5.75 Å². The van der Waals surface area contributed by atoms with E-state index in [-0.39, 0.29) is 11.9 Å². The number of likely N-dealkylation sites (tertiary alicyclic amines) is 1. The zero-order valence-corrected chi connectivity index (χ0v) is 12.9. The van der Waals surface area contributed by atoms with E-state index < -0.39 is 0 Å².